The van der Waals surface area contributed by atoms with Crippen molar-refractivity contribution in [3.8, 4) is 5.75 Å². The number of hydrogen-bond acceptors (Lipinski definition) is 4. The molecule has 0 heterocycles. The summed E-state index contributed by atoms with van der Waals surface area (Å²) in [5.41, 5.74) is 5.87. The van der Waals surface area contributed by atoms with Crippen LogP contribution in [-0.4, -0.2) is 12.2 Å². The number of nitrogens with one attached hydrogen (secondary N) is 4. The fourth-order valence-electron chi connectivity index (χ4n) is 3.10. The number of anilines is 6. The van der Waals surface area contributed by atoms with Crippen molar-refractivity contribution >= 4 is 51.5 Å². The van der Waals surface area contributed by atoms with Gasteiger partial charge in [-0.25, -0.2) is 0 Å². The van der Waals surface area contributed by atoms with Gasteiger partial charge in [0.15, 0.2) is 5.11 Å². The van der Waals surface area contributed by atoms with Crippen LogP contribution in [-0.2, 0) is 0 Å². The van der Waals surface area contributed by atoms with Crippen LogP contribution in [0.5, 0.6) is 5.75 Å². The summed E-state index contributed by atoms with van der Waals surface area (Å²) in [5, 5.41) is 13.7. The molecule has 0 unspecified atom stereocenters. The largest absolute Gasteiger partial charge is 0.497 e. The summed E-state index contributed by atoms with van der Waals surface area (Å²) in [7, 11) is 1.66. The highest BCUT2D eigenvalue weighted by Gasteiger charge is 2.02. The normalized spacial score (nSPS) is 10.2. The van der Waals surface area contributed by atoms with Crippen LogP contribution in [0.4, 0.5) is 34.1 Å². The predicted molar refractivity (Wildman–Crippen MR) is 139 cm³/mol. The van der Waals surface area contributed by atoms with Crippen molar-refractivity contribution in [3.63, 3.8) is 0 Å². The van der Waals surface area contributed by atoms with Crippen molar-refractivity contribution < 1.29 is 4.74 Å². The van der Waals surface area contributed by atoms with Gasteiger partial charge < -0.3 is 26.0 Å². The van der Waals surface area contributed by atoms with Crippen LogP contribution in [0.1, 0.15) is 0 Å². The standard InChI is InChI=1S/C26H24N4OS/c1-31-25-17-15-22(16-18-25)28-21-9-13-24(14-10-21)30-26(32)29-23-11-7-20(8-12-23)27-19-5-3-2-4-6-19/h2-18,27-28H,1H3,(H2,29,30,32). The van der Waals surface area contributed by atoms with Crippen LogP contribution in [0.3, 0.4) is 0 Å². The molecule has 4 aromatic rings. The van der Waals surface area contributed by atoms with E-state index in [2.05, 4.69) is 21.3 Å². The van der Waals surface area contributed by atoms with Gasteiger partial charge in [0.25, 0.3) is 0 Å². The Balaban J connectivity index is 1.28. The highest BCUT2D eigenvalue weighted by atomic mass is 32.1. The second kappa shape index (κ2) is 10.3. The first-order valence-corrected chi connectivity index (χ1v) is 10.6. The summed E-state index contributed by atoms with van der Waals surface area (Å²) < 4.78 is 5.19. The zero-order chi connectivity index (χ0) is 22.2. The Kier molecular flexibility index (Phi) is 6.84. The first-order valence-electron chi connectivity index (χ1n) is 10.2. The van der Waals surface area contributed by atoms with Gasteiger partial charge in [-0.2, -0.15) is 0 Å². The molecule has 0 aliphatic rings. The highest BCUT2D eigenvalue weighted by Crippen LogP contribution is 2.22. The minimum Gasteiger partial charge on any atom is -0.497 e. The molecule has 0 saturated heterocycles. The number of thiocarbonyl (C=S) groups is 1. The van der Waals surface area contributed by atoms with E-state index in [9.17, 15) is 0 Å². The number of para-hydroxylation sites is 1. The lowest BCUT2D eigenvalue weighted by Gasteiger charge is -2.13. The molecule has 0 atom stereocenters. The van der Waals surface area contributed by atoms with E-state index in [0.29, 0.717) is 5.11 Å². The molecule has 160 valence electrons. The Morgan fingerprint density at radius 3 is 1.34 bits per heavy atom. The Hall–Kier alpha value is -4.03. The molecule has 0 radical (unpaired) electrons. The quantitative estimate of drug-likeness (QED) is 0.232. The van der Waals surface area contributed by atoms with Gasteiger partial charge >= 0.3 is 0 Å². The Bertz CT molecular complexity index is 1150. The average Bonchev–Trinajstić information content (AvgIpc) is 2.83. The SMILES string of the molecule is COc1ccc(Nc2ccc(NC(=S)Nc3ccc(Nc4ccccc4)cc3)cc2)cc1. The molecule has 4 N–H and O–H groups in total. The van der Waals surface area contributed by atoms with Crippen molar-refractivity contribution in [3.05, 3.63) is 103 Å². The molecule has 32 heavy (non-hydrogen) atoms. The molecule has 0 spiro atoms. The monoisotopic (exact) mass is 440 g/mol. The number of ether oxygens (including phenoxy) is 1. The number of rotatable bonds is 7. The molecule has 5 nitrogen and oxygen atoms in total. The van der Waals surface area contributed by atoms with Crippen molar-refractivity contribution in [2.75, 3.05) is 28.4 Å². The molecule has 0 bridgehead atoms. The maximum Gasteiger partial charge on any atom is 0.175 e. The van der Waals surface area contributed by atoms with Crippen LogP contribution >= 0.6 is 12.2 Å². The summed E-state index contributed by atoms with van der Waals surface area (Å²) >= 11 is 5.45. The summed E-state index contributed by atoms with van der Waals surface area (Å²) in [5.74, 6) is 0.832. The van der Waals surface area contributed by atoms with Crippen LogP contribution in [0.15, 0.2) is 103 Å². The predicted octanol–water partition coefficient (Wildman–Crippen LogP) is 6.99. The lowest BCUT2D eigenvalue weighted by molar-refractivity contribution is 0.415. The molecule has 0 saturated carbocycles. The van der Waals surface area contributed by atoms with Crippen molar-refractivity contribution in [2.24, 2.45) is 0 Å². The summed E-state index contributed by atoms with van der Waals surface area (Å²) in [6.45, 7) is 0. The third-order valence-corrected chi connectivity index (χ3v) is 4.93. The van der Waals surface area contributed by atoms with Gasteiger partial charge in [0, 0.05) is 34.1 Å². The third kappa shape index (κ3) is 6.00. The summed E-state index contributed by atoms with van der Waals surface area (Å²) in [4.78, 5) is 0. The third-order valence-electron chi connectivity index (χ3n) is 4.73. The Morgan fingerprint density at radius 2 is 0.906 bits per heavy atom. The van der Waals surface area contributed by atoms with Gasteiger partial charge in [-0.15, -0.1) is 0 Å². The smallest absolute Gasteiger partial charge is 0.175 e. The zero-order valence-electron chi connectivity index (χ0n) is 17.6. The lowest BCUT2D eigenvalue weighted by atomic mass is 10.2. The summed E-state index contributed by atoms with van der Waals surface area (Å²) in [6, 6.07) is 33.8. The Morgan fingerprint density at radius 1 is 0.531 bits per heavy atom. The molecule has 0 aliphatic carbocycles. The molecule has 0 fully saturated rings. The summed E-state index contributed by atoms with van der Waals surface area (Å²) in [6.07, 6.45) is 0. The molecule has 4 rings (SSSR count). The zero-order valence-corrected chi connectivity index (χ0v) is 18.4. The molecular formula is C26H24N4OS. The van der Waals surface area contributed by atoms with E-state index in [1.807, 2.05) is 103 Å². The van der Waals surface area contributed by atoms with E-state index >= 15 is 0 Å². The number of benzene rings is 4. The first kappa shape index (κ1) is 21.2. The molecule has 0 aliphatic heterocycles. The maximum atomic E-state index is 5.45. The van der Waals surface area contributed by atoms with Crippen LogP contribution in [0.2, 0.25) is 0 Å². The second-order valence-electron chi connectivity index (χ2n) is 7.08. The van der Waals surface area contributed by atoms with Crippen molar-refractivity contribution in [1.29, 1.82) is 0 Å². The highest BCUT2D eigenvalue weighted by molar-refractivity contribution is 7.80. The van der Waals surface area contributed by atoms with Crippen molar-refractivity contribution in [2.45, 2.75) is 0 Å². The van der Waals surface area contributed by atoms with Crippen molar-refractivity contribution in [1.82, 2.24) is 0 Å². The fraction of sp³-hybridized carbons (Fsp3) is 0.0385. The Labute approximate surface area is 193 Å². The first-order chi connectivity index (χ1) is 15.7. The minimum absolute atomic E-state index is 0.532. The maximum absolute atomic E-state index is 5.45. The van der Waals surface area contributed by atoms with E-state index < -0.39 is 0 Å². The van der Waals surface area contributed by atoms with Crippen LogP contribution < -0.4 is 26.0 Å². The topological polar surface area (TPSA) is 57.4 Å². The fourth-order valence-corrected chi connectivity index (χ4v) is 3.33. The lowest BCUT2D eigenvalue weighted by Crippen LogP contribution is -2.18. The van der Waals surface area contributed by atoms with E-state index in [0.717, 1.165) is 39.9 Å². The van der Waals surface area contributed by atoms with Crippen LogP contribution in [0, 0.1) is 0 Å². The van der Waals surface area contributed by atoms with Gasteiger partial charge in [0.1, 0.15) is 5.75 Å². The number of methoxy groups -OCH3 is 1. The van der Waals surface area contributed by atoms with Gasteiger partial charge in [0.2, 0.25) is 0 Å². The number of hydrogen-bond donors (Lipinski definition) is 4. The molecule has 0 aromatic heterocycles. The second-order valence-corrected chi connectivity index (χ2v) is 7.49. The van der Waals surface area contributed by atoms with E-state index in [1.54, 1.807) is 7.11 Å². The molecule has 0 amide bonds. The van der Waals surface area contributed by atoms with Gasteiger partial charge in [-0.1, -0.05) is 18.2 Å². The van der Waals surface area contributed by atoms with Gasteiger partial charge in [-0.05, 0) is 97.1 Å². The van der Waals surface area contributed by atoms with Gasteiger partial charge in [0.05, 0.1) is 7.11 Å². The minimum atomic E-state index is 0.532. The average molecular weight is 441 g/mol. The molecule has 4 aromatic carbocycles. The van der Waals surface area contributed by atoms with E-state index in [1.165, 1.54) is 0 Å². The molecular weight excluding hydrogens is 416 g/mol. The van der Waals surface area contributed by atoms with Crippen LogP contribution in [0.25, 0.3) is 0 Å². The van der Waals surface area contributed by atoms with Gasteiger partial charge in [-0.3, -0.25) is 0 Å². The molecule has 6 heteroatoms. The van der Waals surface area contributed by atoms with E-state index in [4.69, 9.17) is 17.0 Å². The van der Waals surface area contributed by atoms with E-state index in [-0.39, 0.29) is 0 Å².